The first-order chi connectivity index (χ1) is 9.25. The zero-order chi connectivity index (χ0) is 13.2. The lowest BCUT2D eigenvalue weighted by molar-refractivity contribution is 0.402. The fourth-order valence-electron chi connectivity index (χ4n) is 2.52. The van der Waals surface area contributed by atoms with Crippen molar-refractivity contribution in [3.63, 3.8) is 0 Å². The van der Waals surface area contributed by atoms with Crippen LogP contribution in [0.25, 0.3) is 5.69 Å². The van der Waals surface area contributed by atoms with E-state index in [2.05, 4.69) is 30.8 Å². The van der Waals surface area contributed by atoms with Gasteiger partial charge in [-0.1, -0.05) is 18.0 Å². The highest BCUT2D eigenvalue weighted by atomic mass is 79.9. The van der Waals surface area contributed by atoms with Crippen LogP contribution in [-0.4, -0.2) is 16.1 Å². The molecule has 0 spiro atoms. The van der Waals surface area contributed by atoms with Crippen LogP contribution in [0.15, 0.2) is 35.2 Å². The Balaban J connectivity index is 1.96. The quantitative estimate of drug-likeness (QED) is 0.892. The molecule has 3 nitrogen and oxygen atoms in total. The standard InChI is InChI=1S/C14H15BrClN3/c15-11-7-10(4-5-12(11)16)19-9-17-8-14(19)13-3-1-2-6-18-13/h4-5,7-9,13,18H,1-3,6H2. The van der Waals surface area contributed by atoms with E-state index in [1.165, 1.54) is 25.0 Å². The highest BCUT2D eigenvalue weighted by Crippen LogP contribution is 2.28. The largest absolute Gasteiger partial charge is 0.309 e. The smallest absolute Gasteiger partial charge is 0.0994 e. The molecule has 1 fully saturated rings. The van der Waals surface area contributed by atoms with Gasteiger partial charge < -0.3 is 9.88 Å². The van der Waals surface area contributed by atoms with E-state index in [0.29, 0.717) is 6.04 Å². The second-order valence-corrected chi connectivity index (χ2v) is 6.05. The van der Waals surface area contributed by atoms with Gasteiger partial charge in [0.1, 0.15) is 0 Å². The molecule has 1 unspecified atom stereocenters. The summed E-state index contributed by atoms with van der Waals surface area (Å²) < 4.78 is 3.03. The lowest BCUT2D eigenvalue weighted by Gasteiger charge is -2.24. The van der Waals surface area contributed by atoms with Gasteiger partial charge in [-0.15, -0.1) is 0 Å². The number of imidazole rings is 1. The maximum Gasteiger partial charge on any atom is 0.0994 e. The summed E-state index contributed by atoms with van der Waals surface area (Å²) in [6.45, 7) is 1.08. The maximum atomic E-state index is 6.05. The summed E-state index contributed by atoms with van der Waals surface area (Å²) in [5.74, 6) is 0. The third-order valence-electron chi connectivity index (χ3n) is 3.52. The number of aromatic nitrogens is 2. The monoisotopic (exact) mass is 339 g/mol. The van der Waals surface area contributed by atoms with Crippen LogP contribution in [0, 0.1) is 0 Å². The number of nitrogens with one attached hydrogen (secondary N) is 1. The number of hydrogen-bond acceptors (Lipinski definition) is 2. The molecule has 3 rings (SSSR count). The molecule has 1 saturated heterocycles. The van der Waals surface area contributed by atoms with Crippen molar-refractivity contribution >= 4 is 27.5 Å². The van der Waals surface area contributed by atoms with Crippen molar-refractivity contribution < 1.29 is 0 Å². The Labute approximate surface area is 126 Å². The van der Waals surface area contributed by atoms with Gasteiger partial charge in [0.25, 0.3) is 0 Å². The summed E-state index contributed by atoms with van der Waals surface area (Å²) in [6, 6.07) is 6.34. The lowest BCUT2D eigenvalue weighted by Crippen LogP contribution is -2.28. The van der Waals surface area contributed by atoms with Crippen LogP contribution < -0.4 is 5.32 Å². The Morgan fingerprint density at radius 2 is 2.26 bits per heavy atom. The van der Waals surface area contributed by atoms with Crippen molar-refractivity contribution in [2.75, 3.05) is 6.54 Å². The van der Waals surface area contributed by atoms with Crippen LogP contribution in [0.4, 0.5) is 0 Å². The van der Waals surface area contributed by atoms with Gasteiger partial charge in [-0.3, -0.25) is 0 Å². The number of halogens is 2. The molecule has 0 aliphatic carbocycles. The summed E-state index contributed by atoms with van der Waals surface area (Å²) in [4.78, 5) is 4.30. The van der Waals surface area contributed by atoms with E-state index in [0.717, 1.165) is 21.7 Å². The predicted molar refractivity (Wildman–Crippen MR) is 80.9 cm³/mol. The Hall–Kier alpha value is -0.840. The van der Waals surface area contributed by atoms with E-state index >= 15 is 0 Å². The van der Waals surface area contributed by atoms with Crippen molar-refractivity contribution in [1.82, 2.24) is 14.9 Å². The van der Waals surface area contributed by atoms with Crippen LogP contribution in [0.2, 0.25) is 5.02 Å². The minimum Gasteiger partial charge on any atom is -0.309 e. The normalized spacial score (nSPS) is 19.6. The van der Waals surface area contributed by atoms with Crippen LogP contribution in [-0.2, 0) is 0 Å². The SMILES string of the molecule is Clc1ccc(-n2cncc2C2CCCCN2)cc1Br. The highest BCUT2D eigenvalue weighted by molar-refractivity contribution is 9.10. The minimum atomic E-state index is 0.394. The molecule has 1 aromatic carbocycles. The van der Waals surface area contributed by atoms with E-state index in [9.17, 15) is 0 Å². The second kappa shape index (κ2) is 5.65. The summed E-state index contributed by atoms with van der Waals surface area (Å²) in [7, 11) is 0. The van der Waals surface area contributed by atoms with Crippen molar-refractivity contribution in [2.45, 2.75) is 25.3 Å². The molecule has 1 aliphatic rings. The number of benzene rings is 1. The second-order valence-electron chi connectivity index (χ2n) is 4.79. The fraction of sp³-hybridized carbons (Fsp3) is 0.357. The molecule has 1 atom stereocenters. The molecule has 19 heavy (non-hydrogen) atoms. The molecular weight excluding hydrogens is 326 g/mol. The third-order valence-corrected chi connectivity index (χ3v) is 4.73. The molecule has 1 aliphatic heterocycles. The minimum absolute atomic E-state index is 0.394. The first-order valence-corrected chi connectivity index (χ1v) is 7.64. The fourth-order valence-corrected chi connectivity index (χ4v) is 3.00. The number of nitrogens with zero attached hydrogens (tertiary/aromatic N) is 2. The first-order valence-electron chi connectivity index (χ1n) is 6.47. The van der Waals surface area contributed by atoms with Crippen molar-refractivity contribution in [3.8, 4) is 5.69 Å². The zero-order valence-electron chi connectivity index (χ0n) is 10.4. The van der Waals surface area contributed by atoms with Gasteiger partial charge in [-0.25, -0.2) is 4.98 Å². The van der Waals surface area contributed by atoms with Crippen LogP contribution in [0.5, 0.6) is 0 Å². The number of rotatable bonds is 2. The Bertz CT molecular complexity index is 576. The number of piperidine rings is 1. The van der Waals surface area contributed by atoms with E-state index in [1.54, 1.807) is 0 Å². The molecule has 0 saturated carbocycles. The van der Waals surface area contributed by atoms with E-state index in [1.807, 2.05) is 30.7 Å². The molecular formula is C14H15BrClN3. The third kappa shape index (κ3) is 2.71. The molecule has 1 N–H and O–H groups in total. The average molecular weight is 341 g/mol. The van der Waals surface area contributed by atoms with Gasteiger partial charge in [0.05, 0.1) is 23.2 Å². The molecule has 2 aromatic rings. The Morgan fingerprint density at radius 3 is 3.00 bits per heavy atom. The van der Waals surface area contributed by atoms with Gasteiger partial charge >= 0.3 is 0 Å². The van der Waals surface area contributed by atoms with E-state index in [-0.39, 0.29) is 0 Å². The molecule has 0 bridgehead atoms. The van der Waals surface area contributed by atoms with Gasteiger partial charge in [-0.2, -0.15) is 0 Å². The van der Waals surface area contributed by atoms with Crippen LogP contribution >= 0.6 is 27.5 Å². The number of hydrogen-bond donors (Lipinski definition) is 1. The molecule has 0 amide bonds. The summed E-state index contributed by atoms with van der Waals surface area (Å²) in [6.07, 6.45) is 7.51. The molecule has 0 radical (unpaired) electrons. The van der Waals surface area contributed by atoms with Crippen molar-refractivity contribution in [2.24, 2.45) is 0 Å². The molecule has 5 heteroatoms. The van der Waals surface area contributed by atoms with E-state index in [4.69, 9.17) is 11.6 Å². The Kier molecular flexibility index (Phi) is 3.91. The van der Waals surface area contributed by atoms with Gasteiger partial charge in [-0.05, 0) is 53.5 Å². The van der Waals surface area contributed by atoms with Gasteiger partial charge in [0, 0.05) is 16.2 Å². The van der Waals surface area contributed by atoms with Crippen molar-refractivity contribution in [3.05, 3.63) is 45.9 Å². The predicted octanol–water partition coefficient (Wildman–Crippen LogP) is 4.10. The maximum absolute atomic E-state index is 6.05. The van der Waals surface area contributed by atoms with E-state index < -0.39 is 0 Å². The average Bonchev–Trinajstić information content (AvgIpc) is 2.92. The lowest BCUT2D eigenvalue weighted by atomic mass is 10.0. The summed E-state index contributed by atoms with van der Waals surface area (Å²) in [5.41, 5.74) is 2.30. The van der Waals surface area contributed by atoms with Gasteiger partial charge in [0.15, 0.2) is 0 Å². The van der Waals surface area contributed by atoms with Gasteiger partial charge in [0.2, 0.25) is 0 Å². The Morgan fingerprint density at radius 1 is 1.37 bits per heavy atom. The summed E-state index contributed by atoms with van der Waals surface area (Å²) in [5, 5.41) is 4.28. The summed E-state index contributed by atoms with van der Waals surface area (Å²) >= 11 is 9.52. The zero-order valence-corrected chi connectivity index (χ0v) is 12.8. The van der Waals surface area contributed by atoms with Crippen LogP contribution in [0.1, 0.15) is 31.0 Å². The first kappa shape index (κ1) is 13.2. The van der Waals surface area contributed by atoms with Crippen molar-refractivity contribution in [1.29, 1.82) is 0 Å². The topological polar surface area (TPSA) is 29.9 Å². The van der Waals surface area contributed by atoms with Crippen LogP contribution in [0.3, 0.4) is 0 Å². The molecule has 2 heterocycles. The molecule has 100 valence electrons. The highest BCUT2D eigenvalue weighted by Gasteiger charge is 2.19. The molecule has 1 aromatic heterocycles.